The summed E-state index contributed by atoms with van der Waals surface area (Å²) in [6.45, 7) is 1.67. The van der Waals surface area contributed by atoms with Crippen LogP contribution in [0.1, 0.15) is 25.0 Å². The zero-order valence-electron chi connectivity index (χ0n) is 10.8. The van der Waals surface area contributed by atoms with Crippen molar-refractivity contribution in [3.63, 3.8) is 0 Å². The number of halogens is 1. The average molecular weight is 268 g/mol. The summed E-state index contributed by atoms with van der Waals surface area (Å²) < 4.78 is 1.90. The Balaban J connectivity index is 2.26. The zero-order valence-corrected chi connectivity index (χ0v) is 11.6. The van der Waals surface area contributed by atoms with Crippen LogP contribution in [-0.2, 0) is 11.3 Å². The fourth-order valence-electron chi connectivity index (χ4n) is 2.12. The minimum Gasteiger partial charge on any atom is -0.308 e. The molecule has 0 saturated heterocycles. The third-order valence-electron chi connectivity index (χ3n) is 3.06. The Morgan fingerprint density at radius 2 is 2.22 bits per heavy atom. The van der Waals surface area contributed by atoms with E-state index in [0.29, 0.717) is 11.4 Å². The second kappa shape index (κ2) is 5.67. The van der Waals surface area contributed by atoms with E-state index >= 15 is 0 Å². The lowest BCUT2D eigenvalue weighted by molar-refractivity contribution is -0.114. The summed E-state index contributed by atoms with van der Waals surface area (Å²) in [4.78, 5) is 13.6. The van der Waals surface area contributed by atoms with E-state index in [1.165, 1.54) is 0 Å². The van der Waals surface area contributed by atoms with Crippen molar-refractivity contribution < 1.29 is 4.79 Å². The lowest BCUT2D eigenvalue weighted by Crippen LogP contribution is -2.20. The van der Waals surface area contributed by atoms with Crippen molar-refractivity contribution in [2.24, 2.45) is 0 Å². The Bertz CT molecular complexity index is 477. The van der Waals surface area contributed by atoms with Gasteiger partial charge in [0.05, 0.1) is 23.5 Å². The lowest BCUT2D eigenvalue weighted by atomic mass is 9.96. The Hall–Kier alpha value is -1.13. The third-order valence-corrected chi connectivity index (χ3v) is 3.34. The summed E-state index contributed by atoms with van der Waals surface area (Å²) in [5.74, 6) is 0.188. The molecule has 0 radical (unpaired) electrons. The van der Waals surface area contributed by atoms with E-state index in [1.54, 1.807) is 12.3 Å². The van der Waals surface area contributed by atoms with Crippen molar-refractivity contribution in [3.05, 3.63) is 23.0 Å². The molecule has 0 saturated carbocycles. The molecule has 5 heteroatoms. The van der Waals surface area contributed by atoms with Gasteiger partial charge < -0.3 is 4.90 Å². The van der Waals surface area contributed by atoms with E-state index in [1.807, 2.05) is 18.8 Å². The molecule has 0 bridgehead atoms. The summed E-state index contributed by atoms with van der Waals surface area (Å²) in [7, 11) is 4.04. The first-order chi connectivity index (χ1) is 8.58. The Labute approximate surface area is 112 Å². The molecule has 0 aliphatic heterocycles. The fraction of sp³-hybridized carbons (Fsp3) is 0.538. The maximum atomic E-state index is 11.5. The van der Waals surface area contributed by atoms with Gasteiger partial charge in [0.2, 0.25) is 0 Å². The van der Waals surface area contributed by atoms with Gasteiger partial charge in [-0.25, -0.2) is 0 Å². The van der Waals surface area contributed by atoms with Gasteiger partial charge in [0.25, 0.3) is 0 Å². The standard InChI is InChI=1S/C13H18ClN3O/c1-16(2)6-7-17-13(12(14)9-15-17)10-4-3-5-11(18)8-10/h8-9H,3-7H2,1-2H3. The van der Waals surface area contributed by atoms with Gasteiger partial charge in [0.15, 0.2) is 5.78 Å². The Kier molecular flexibility index (Phi) is 4.19. The molecule has 18 heavy (non-hydrogen) atoms. The van der Waals surface area contributed by atoms with Crippen molar-refractivity contribution >= 4 is 23.0 Å². The second-order valence-corrected chi connectivity index (χ2v) is 5.26. The fourth-order valence-corrected chi connectivity index (χ4v) is 2.39. The minimum atomic E-state index is 0.188. The number of likely N-dealkylation sites (N-methyl/N-ethyl adjacent to an activating group) is 1. The number of nitrogens with zero attached hydrogens (tertiary/aromatic N) is 3. The monoisotopic (exact) mass is 267 g/mol. The normalized spacial score (nSPS) is 16.2. The summed E-state index contributed by atoms with van der Waals surface area (Å²) in [5.41, 5.74) is 1.93. The Morgan fingerprint density at radius 1 is 1.44 bits per heavy atom. The predicted molar refractivity (Wildman–Crippen MR) is 72.6 cm³/mol. The van der Waals surface area contributed by atoms with Crippen LogP contribution in [0, 0.1) is 0 Å². The van der Waals surface area contributed by atoms with Crippen molar-refractivity contribution in [1.82, 2.24) is 14.7 Å². The van der Waals surface area contributed by atoms with Crippen molar-refractivity contribution in [2.45, 2.75) is 25.8 Å². The number of carbonyl (C=O) groups excluding carboxylic acids is 1. The molecule has 1 aromatic rings. The van der Waals surface area contributed by atoms with Crippen molar-refractivity contribution in [3.8, 4) is 0 Å². The highest BCUT2D eigenvalue weighted by atomic mass is 35.5. The number of carbonyl (C=O) groups is 1. The topological polar surface area (TPSA) is 38.1 Å². The molecule has 0 N–H and O–H groups in total. The molecule has 0 amide bonds. The highest BCUT2D eigenvalue weighted by Gasteiger charge is 2.18. The number of aromatic nitrogens is 2. The number of hydrogen-bond donors (Lipinski definition) is 0. The van der Waals surface area contributed by atoms with E-state index < -0.39 is 0 Å². The minimum absolute atomic E-state index is 0.188. The highest BCUT2D eigenvalue weighted by molar-refractivity contribution is 6.32. The van der Waals surface area contributed by atoms with Crippen molar-refractivity contribution in [2.75, 3.05) is 20.6 Å². The zero-order chi connectivity index (χ0) is 13.1. The van der Waals surface area contributed by atoms with Gasteiger partial charge in [0, 0.05) is 13.0 Å². The van der Waals surface area contributed by atoms with Crippen LogP contribution in [-0.4, -0.2) is 41.1 Å². The number of hydrogen-bond acceptors (Lipinski definition) is 3. The molecule has 0 aromatic carbocycles. The second-order valence-electron chi connectivity index (χ2n) is 4.86. The van der Waals surface area contributed by atoms with Crippen LogP contribution in [0.5, 0.6) is 0 Å². The van der Waals surface area contributed by atoms with Gasteiger partial charge in [0.1, 0.15) is 0 Å². The summed E-state index contributed by atoms with van der Waals surface area (Å²) in [6.07, 6.45) is 5.83. The van der Waals surface area contributed by atoms with Crippen LogP contribution in [0.25, 0.3) is 5.57 Å². The maximum Gasteiger partial charge on any atom is 0.156 e. The smallest absolute Gasteiger partial charge is 0.156 e. The Morgan fingerprint density at radius 3 is 2.89 bits per heavy atom. The van der Waals surface area contributed by atoms with Crippen LogP contribution in [0.4, 0.5) is 0 Å². The molecule has 1 aliphatic carbocycles. The molecule has 0 fully saturated rings. The molecule has 4 nitrogen and oxygen atoms in total. The maximum absolute atomic E-state index is 11.5. The van der Waals surface area contributed by atoms with Crippen LogP contribution in [0.2, 0.25) is 5.02 Å². The van der Waals surface area contributed by atoms with E-state index in [0.717, 1.165) is 37.2 Å². The molecule has 2 rings (SSSR count). The SMILES string of the molecule is CN(C)CCn1ncc(Cl)c1C1=CC(=O)CCC1. The summed E-state index contributed by atoms with van der Waals surface area (Å²) >= 11 is 6.19. The van der Waals surface area contributed by atoms with Gasteiger partial charge >= 0.3 is 0 Å². The number of allylic oxidation sites excluding steroid dienone is 2. The average Bonchev–Trinajstić information content (AvgIpc) is 2.68. The molecular weight excluding hydrogens is 250 g/mol. The molecule has 98 valence electrons. The van der Waals surface area contributed by atoms with Crippen molar-refractivity contribution in [1.29, 1.82) is 0 Å². The first-order valence-corrected chi connectivity index (χ1v) is 6.55. The highest BCUT2D eigenvalue weighted by Crippen LogP contribution is 2.30. The number of rotatable bonds is 4. The predicted octanol–water partition coefficient (Wildman–Crippen LogP) is 2.23. The molecule has 0 atom stereocenters. The van der Waals surface area contributed by atoms with E-state index in [9.17, 15) is 4.79 Å². The first-order valence-electron chi connectivity index (χ1n) is 6.17. The van der Waals surface area contributed by atoms with Crippen LogP contribution in [0.15, 0.2) is 12.3 Å². The quantitative estimate of drug-likeness (QED) is 0.840. The summed E-state index contributed by atoms with van der Waals surface area (Å²) in [5, 5.41) is 4.93. The largest absolute Gasteiger partial charge is 0.308 e. The summed E-state index contributed by atoms with van der Waals surface area (Å²) in [6, 6.07) is 0. The number of ketones is 1. The van der Waals surface area contributed by atoms with E-state index in [2.05, 4.69) is 10.00 Å². The third kappa shape index (κ3) is 3.00. The molecule has 0 spiro atoms. The molecule has 1 aromatic heterocycles. The first kappa shape index (κ1) is 13.3. The van der Waals surface area contributed by atoms with Gasteiger partial charge in [-0.3, -0.25) is 9.48 Å². The van der Waals surface area contributed by atoms with Gasteiger partial charge in [-0.1, -0.05) is 11.6 Å². The van der Waals surface area contributed by atoms with E-state index in [4.69, 9.17) is 11.6 Å². The van der Waals surface area contributed by atoms with Gasteiger partial charge in [-0.2, -0.15) is 5.10 Å². The molecular formula is C13H18ClN3O. The van der Waals surface area contributed by atoms with Gasteiger partial charge in [-0.15, -0.1) is 0 Å². The van der Waals surface area contributed by atoms with E-state index in [-0.39, 0.29) is 5.78 Å². The van der Waals surface area contributed by atoms with Crippen LogP contribution in [0.3, 0.4) is 0 Å². The van der Waals surface area contributed by atoms with Crippen LogP contribution < -0.4 is 0 Å². The van der Waals surface area contributed by atoms with Gasteiger partial charge in [-0.05, 0) is 38.6 Å². The molecule has 0 unspecified atom stereocenters. The van der Waals surface area contributed by atoms with Crippen LogP contribution >= 0.6 is 11.6 Å². The molecule has 1 heterocycles. The molecule has 1 aliphatic rings. The lowest BCUT2D eigenvalue weighted by Gasteiger charge is -2.16.